The van der Waals surface area contributed by atoms with Gasteiger partial charge in [0.05, 0.1) is 6.54 Å². The lowest BCUT2D eigenvalue weighted by atomic mass is 10.1. The minimum atomic E-state index is 0.182. The molecule has 3 aromatic rings. The number of piperazine rings is 1. The predicted octanol–water partition coefficient (Wildman–Crippen LogP) is 3.45. The Kier molecular flexibility index (Phi) is 7.39. The van der Waals surface area contributed by atoms with Crippen molar-refractivity contribution in [1.82, 2.24) is 29.9 Å². The molecule has 4 rings (SSSR count). The molecule has 3 heterocycles. The van der Waals surface area contributed by atoms with Gasteiger partial charge in [-0.1, -0.05) is 46.7 Å². The van der Waals surface area contributed by atoms with E-state index in [1.165, 1.54) is 17.3 Å². The Morgan fingerprint density at radius 2 is 1.67 bits per heavy atom. The number of thioether (sulfide) groups is 1. The first-order chi connectivity index (χ1) is 15.9. The highest BCUT2D eigenvalue weighted by Crippen LogP contribution is 2.19. The van der Waals surface area contributed by atoms with Crippen molar-refractivity contribution < 1.29 is 9.32 Å². The molecule has 0 N–H and O–H groups in total. The third-order valence-electron chi connectivity index (χ3n) is 6.03. The summed E-state index contributed by atoms with van der Waals surface area (Å²) in [5.74, 6) is 1.39. The van der Waals surface area contributed by atoms with Gasteiger partial charge in [0.15, 0.2) is 5.16 Å². The standard InChI is InChI=1S/C24H30N6O2S/c1-16-5-7-19(8-6-16)23-27-21(32-28-23)15-29-11-13-30(14-12-29)22(31)10-9-20-17(2)25-24(33-4)26-18(20)3/h5-8H,9-15H2,1-4H3. The van der Waals surface area contributed by atoms with Gasteiger partial charge < -0.3 is 9.42 Å². The van der Waals surface area contributed by atoms with Crippen molar-refractivity contribution in [2.75, 3.05) is 32.4 Å². The quantitative estimate of drug-likeness (QED) is 0.386. The van der Waals surface area contributed by atoms with E-state index in [0.717, 1.165) is 40.8 Å². The molecule has 9 heteroatoms. The number of benzene rings is 1. The molecule has 1 fully saturated rings. The van der Waals surface area contributed by atoms with Crippen LogP contribution in [0.4, 0.5) is 0 Å². The van der Waals surface area contributed by atoms with E-state index in [1.807, 2.05) is 49.3 Å². The van der Waals surface area contributed by atoms with E-state index in [4.69, 9.17) is 4.52 Å². The molecule has 1 aliphatic heterocycles. The molecule has 0 bridgehead atoms. The largest absolute Gasteiger partial charge is 0.340 e. The molecule has 174 valence electrons. The molecule has 0 spiro atoms. The minimum absolute atomic E-state index is 0.182. The van der Waals surface area contributed by atoms with Crippen molar-refractivity contribution in [3.8, 4) is 11.4 Å². The second-order valence-electron chi connectivity index (χ2n) is 8.39. The summed E-state index contributed by atoms with van der Waals surface area (Å²) < 4.78 is 5.46. The van der Waals surface area contributed by atoms with Crippen molar-refractivity contribution >= 4 is 17.7 Å². The molecule has 1 aromatic carbocycles. The summed E-state index contributed by atoms with van der Waals surface area (Å²) in [5.41, 5.74) is 5.16. The lowest BCUT2D eigenvalue weighted by Crippen LogP contribution is -2.48. The van der Waals surface area contributed by atoms with Crippen molar-refractivity contribution in [3.63, 3.8) is 0 Å². The summed E-state index contributed by atoms with van der Waals surface area (Å²) in [6.07, 6.45) is 3.13. The topological polar surface area (TPSA) is 88.3 Å². The van der Waals surface area contributed by atoms with Crippen molar-refractivity contribution in [2.24, 2.45) is 0 Å². The van der Waals surface area contributed by atoms with Gasteiger partial charge >= 0.3 is 0 Å². The number of amides is 1. The molecule has 1 amide bonds. The maximum Gasteiger partial charge on any atom is 0.241 e. The molecular formula is C24H30N6O2S. The van der Waals surface area contributed by atoms with Gasteiger partial charge in [-0.25, -0.2) is 9.97 Å². The van der Waals surface area contributed by atoms with E-state index >= 15 is 0 Å². The molecule has 0 aliphatic carbocycles. The molecule has 8 nitrogen and oxygen atoms in total. The molecule has 0 unspecified atom stereocenters. The van der Waals surface area contributed by atoms with Crippen LogP contribution in [-0.4, -0.2) is 68.3 Å². The molecule has 2 aromatic heterocycles. The smallest absolute Gasteiger partial charge is 0.241 e. The van der Waals surface area contributed by atoms with Gasteiger partial charge in [-0.3, -0.25) is 9.69 Å². The molecule has 0 radical (unpaired) electrons. The maximum absolute atomic E-state index is 12.8. The average molecular weight is 467 g/mol. The zero-order valence-corrected chi connectivity index (χ0v) is 20.5. The van der Waals surface area contributed by atoms with Gasteiger partial charge in [-0.15, -0.1) is 0 Å². The number of aromatic nitrogens is 4. The summed E-state index contributed by atoms with van der Waals surface area (Å²) in [4.78, 5) is 30.6. The van der Waals surface area contributed by atoms with Gasteiger partial charge in [-0.05, 0) is 39.0 Å². The zero-order valence-electron chi connectivity index (χ0n) is 19.7. The second-order valence-corrected chi connectivity index (χ2v) is 9.17. The maximum atomic E-state index is 12.8. The molecule has 0 saturated carbocycles. The summed E-state index contributed by atoms with van der Waals surface area (Å²) in [5, 5.41) is 4.90. The molecular weight excluding hydrogens is 436 g/mol. The van der Waals surface area contributed by atoms with Gasteiger partial charge in [0.2, 0.25) is 17.6 Å². The number of nitrogens with zero attached hydrogens (tertiary/aromatic N) is 6. The molecule has 0 atom stereocenters. The van der Waals surface area contributed by atoms with Crippen molar-refractivity contribution in [2.45, 2.75) is 45.3 Å². The number of aryl methyl sites for hydroxylation is 3. The number of rotatable bonds is 7. The molecule has 1 saturated heterocycles. The van der Waals surface area contributed by atoms with Crippen LogP contribution < -0.4 is 0 Å². The predicted molar refractivity (Wildman–Crippen MR) is 128 cm³/mol. The van der Waals surface area contributed by atoms with Crippen molar-refractivity contribution in [3.05, 3.63) is 52.7 Å². The Hall–Kier alpha value is -2.78. The lowest BCUT2D eigenvalue weighted by Gasteiger charge is -2.34. The number of hydrogen-bond acceptors (Lipinski definition) is 8. The van der Waals surface area contributed by atoms with E-state index < -0.39 is 0 Å². The van der Waals surface area contributed by atoms with Crippen LogP contribution in [0.25, 0.3) is 11.4 Å². The number of hydrogen-bond donors (Lipinski definition) is 0. The van der Waals surface area contributed by atoms with Crippen LogP contribution in [0.15, 0.2) is 33.9 Å². The van der Waals surface area contributed by atoms with E-state index in [2.05, 4.69) is 31.9 Å². The second kappa shape index (κ2) is 10.4. The monoisotopic (exact) mass is 466 g/mol. The Labute approximate surface area is 198 Å². The van der Waals surface area contributed by atoms with E-state index in [-0.39, 0.29) is 5.91 Å². The first kappa shape index (κ1) is 23.4. The summed E-state index contributed by atoms with van der Waals surface area (Å²) in [7, 11) is 0. The fourth-order valence-electron chi connectivity index (χ4n) is 4.04. The fraction of sp³-hybridized carbons (Fsp3) is 0.458. The zero-order chi connectivity index (χ0) is 23.4. The van der Waals surface area contributed by atoms with Gasteiger partial charge in [0.1, 0.15) is 0 Å². The summed E-state index contributed by atoms with van der Waals surface area (Å²) in [6, 6.07) is 8.08. The van der Waals surface area contributed by atoms with Crippen LogP contribution in [0.1, 0.15) is 34.8 Å². The van der Waals surface area contributed by atoms with Crippen LogP contribution in [0.5, 0.6) is 0 Å². The minimum Gasteiger partial charge on any atom is -0.340 e. The highest BCUT2D eigenvalue weighted by Gasteiger charge is 2.23. The Morgan fingerprint density at radius 3 is 2.30 bits per heavy atom. The van der Waals surface area contributed by atoms with E-state index in [0.29, 0.717) is 44.2 Å². The van der Waals surface area contributed by atoms with Crippen LogP contribution >= 0.6 is 11.8 Å². The summed E-state index contributed by atoms with van der Waals surface area (Å²) >= 11 is 1.54. The summed E-state index contributed by atoms with van der Waals surface area (Å²) in [6.45, 7) is 9.63. The first-order valence-corrected chi connectivity index (χ1v) is 12.4. The Bertz CT molecular complexity index is 1080. The SMILES string of the molecule is CSc1nc(C)c(CCC(=O)N2CCN(Cc3nc(-c4ccc(C)cc4)no3)CC2)c(C)n1. The highest BCUT2D eigenvalue weighted by molar-refractivity contribution is 7.98. The van der Waals surface area contributed by atoms with E-state index in [9.17, 15) is 4.79 Å². The van der Waals surface area contributed by atoms with Crippen LogP contribution in [0.2, 0.25) is 0 Å². The van der Waals surface area contributed by atoms with Gasteiger partial charge in [0, 0.05) is 49.6 Å². The third kappa shape index (κ3) is 5.78. The molecule has 33 heavy (non-hydrogen) atoms. The van der Waals surface area contributed by atoms with Crippen LogP contribution in [0.3, 0.4) is 0 Å². The van der Waals surface area contributed by atoms with Gasteiger partial charge in [0.25, 0.3) is 0 Å². The molecule has 1 aliphatic rings. The number of carbonyl (C=O) groups is 1. The Balaban J connectivity index is 1.26. The third-order valence-corrected chi connectivity index (χ3v) is 6.58. The van der Waals surface area contributed by atoms with Crippen molar-refractivity contribution in [1.29, 1.82) is 0 Å². The number of carbonyl (C=O) groups excluding carboxylic acids is 1. The van der Waals surface area contributed by atoms with Crippen LogP contribution in [0, 0.1) is 20.8 Å². The normalized spacial score (nSPS) is 14.6. The Morgan fingerprint density at radius 1 is 1.00 bits per heavy atom. The van der Waals surface area contributed by atoms with E-state index in [1.54, 1.807) is 0 Å². The van der Waals surface area contributed by atoms with Gasteiger partial charge in [-0.2, -0.15) is 4.98 Å². The lowest BCUT2D eigenvalue weighted by molar-refractivity contribution is -0.133. The highest BCUT2D eigenvalue weighted by atomic mass is 32.2. The first-order valence-electron chi connectivity index (χ1n) is 11.2. The average Bonchev–Trinajstić information content (AvgIpc) is 3.27. The van der Waals surface area contributed by atoms with Crippen LogP contribution in [-0.2, 0) is 17.8 Å². The fourth-order valence-corrected chi connectivity index (χ4v) is 4.49.